The molecule has 2 aliphatic rings. The second-order valence-electron chi connectivity index (χ2n) is 5.69. The van der Waals surface area contributed by atoms with Crippen LogP contribution in [-0.2, 0) is 4.79 Å². The van der Waals surface area contributed by atoms with Crippen LogP contribution in [0.15, 0.2) is 0 Å². The monoisotopic (exact) mass is 253 g/mol. The number of piperazine rings is 1. The molecule has 4 heteroatoms. The third-order valence-electron chi connectivity index (χ3n) is 4.42. The number of piperidine rings is 1. The van der Waals surface area contributed by atoms with Gasteiger partial charge in [-0.15, -0.1) is 0 Å². The average Bonchev–Trinajstić information content (AvgIpc) is 2.43. The maximum Gasteiger partial charge on any atom is 0.227 e. The summed E-state index contributed by atoms with van der Waals surface area (Å²) in [4.78, 5) is 17.1. The van der Waals surface area contributed by atoms with Crippen LogP contribution in [0, 0.1) is 5.92 Å². The first kappa shape index (κ1) is 13.8. The van der Waals surface area contributed by atoms with Gasteiger partial charge in [-0.25, -0.2) is 0 Å². The second-order valence-corrected chi connectivity index (χ2v) is 5.69. The Hall–Kier alpha value is -0.610. The summed E-state index contributed by atoms with van der Waals surface area (Å²) < 4.78 is 0. The van der Waals surface area contributed by atoms with Gasteiger partial charge in [-0.1, -0.05) is 19.8 Å². The fourth-order valence-electron chi connectivity index (χ4n) is 3.30. The molecule has 2 N–H and O–H groups in total. The second kappa shape index (κ2) is 6.53. The number of nitrogens with two attached hydrogens (primary N) is 1. The van der Waals surface area contributed by atoms with Crippen molar-refractivity contribution in [2.45, 2.75) is 45.1 Å². The van der Waals surface area contributed by atoms with E-state index in [1.807, 2.05) is 0 Å². The summed E-state index contributed by atoms with van der Waals surface area (Å²) in [5.41, 5.74) is 5.74. The van der Waals surface area contributed by atoms with Crippen molar-refractivity contribution in [3.8, 4) is 0 Å². The molecule has 0 radical (unpaired) electrons. The number of amides is 1. The number of carbonyl (C=O) groups is 1. The van der Waals surface area contributed by atoms with E-state index in [9.17, 15) is 4.79 Å². The van der Waals surface area contributed by atoms with Gasteiger partial charge < -0.3 is 10.6 Å². The average molecular weight is 253 g/mol. The minimum Gasteiger partial charge on any atom is -0.340 e. The van der Waals surface area contributed by atoms with Crippen LogP contribution >= 0.6 is 0 Å². The van der Waals surface area contributed by atoms with Crippen LogP contribution in [-0.4, -0.2) is 54.5 Å². The quantitative estimate of drug-likeness (QED) is 0.815. The zero-order valence-electron chi connectivity index (χ0n) is 11.6. The number of rotatable bonds is 4. The number of carbonyl (C=O) groups excluding carboxylic acids is 1. The third-order valence-corrected chi connectivity index (χ3v) is 4.42. The van der Waals surface area contributed by atoms with E-state index in [-0.39, 0.29) is 5.92 Å². The van der Waals surface area contributed by atoms with Crippen LogP contribution in [0.5, 0.6) is 0 Å². The Morgan fingerprint density at radius 1 is 1.33 bits per heavy atom. The lowest BCUT2D eigenvalue weighted by molar-refractivity contribution is -0.139. The Morgan fingerprint density at radius 3 is 2.89 bits per heavy atom. The molecule has 0 spiro atoms. The first-order valence-electron chi connectivity index (χ1n) is 7.49. The van der Waals surface area contributed by atoms with Gasteiger partial charge in [0, 0.05) is 32.2 Å². The van der Waals surface area contributed by atoms with Gasteiger partial charge in [-0.05, 0) is 25.8 Å². The largest absolute Gasteiger partial charge is 0.340 e. The van der Waals surface area contributed by atoms with Crippen molar-refractivity contribution in [2.24, 2.45) is 11.7 Å². The summed E-state index contributed by atoms with van der Waals surface area (Å²) in [7, 11) is 0. The van der Waals surface area contributed by atoms with E-state index in [1.165, 1.54) is 25.8 Å². The first-order chi connectivity index (χ1) is 8.76. The van der Waals surface area contributed by atoms with E-state index >= 15 is 0 Å². The van der Waals surface area contributed by atoms with E-state index in [4.69, 9.17) is 5.73 Å². The van der Waals surface area contributed by atoms with Crippen molar-refractivity contribution in [1.82, 2.24) is 9.80 Å². The van der Waals surface area contributed by atoms with E-state index in [1.54, 1.807) is 0 Å². The maximum atomic E-state index is 12.4. The van der Waals surface area contributed by atoms with E-state index < -0.39 is 0 Å². The maximum absolute atomic E-state index is 12.4. The first-order valence-corrected chi connectivity index (χ1v) is 7.49. The van der Waals surface area contributed by atoms with E-state index in [0.717, 1.165) is 32.5 Å². The number of nitrogens with zero attached hydrogens (tertiary/aromatic N) is 2. The Morgan fingerprint density at radius 2 is 2.17 bits per heavy atom. The normalized spacial score (nSPS) is 26.8. The van der Waals surface area contributed by atoms with E-state index in [2.05, 4.69) is 16.7 Å². The zero-order chi connectivity index (χ0) is 13.0. The molecule has 0 aromatic carbocycles. The van der Waals surface area contributed by atoms with Crippen molar-refractivity contribution in [1.29, 1.82) is 0 Å². The lowest BCUT2D eigenvalue weighted by Crippen LogP contribution is -2.57. The van der Waals surface area contributed by atoms with Gasteiger partial charge in [0.05, 0.1) is 5.92 Å². The summed E-state index contributed by atoms with van der Waals surface area (Å²) in [6, 6.07) is 0.608. The highest BCUT2D eigenvalue weighted by Gasteiger charge is 2.32. The molecule has 0 aromatic rings. The molecule has 2 unspecified atom stereocenters. The molecule has 2 fully saturated rings. The minimum absolute atomic E-state index is 0.0464. The van der Waals surface area contributed by atoms with Gasteiger partial charge in [-0.3, -0.25) is 9.69 Å². The number of hydrogen-bond donors (Lipinski definition) is 1. The van der Waals surface area contributed by atoms with Crippen LogP contribution in [0.1, 0.15) is 39.0 Å². The predicted octanol–water partition coefficient (Wildman–Crippen LogP) is 1.06. The molecule has 2 heterocycles. The molecule has 4 nitrogen and oxygen atoms in total. The van der Waals surface area contributed by atoms with Gasteiger partial charge in [0.2, 0.25) is 5.91 Å². The van der Waals surface area contributed by atoms with Crippen LogP contribution in [0.3, 0.4) is 0 Å². The highest BCUT2D eigenvalue weighted by atomic mass is 16.2. The SMILES string of the molecule is CCCC(CN)C(=O)N1CCN2CCCCC2C1. The minimum atomic E-state index is 0.0464. The molecule has 0 aromatic heterocycles. The standard InChI is InChI=1S/C14H27N3O/c1-2-5-12(10-15)14(18)17-9-8-16-7-4-3-6-13(16)11-17/h12-13H,2-11,15H2,1H3. The fraction of sp³-hybridized carbons (Fsp3) is 0.929. The lowest BCUT2D eigenvalue weighted by atomic mass is 9.97. The van der Waals surface area contributed by atoms with Gasteiger partial charge in [-0.2, -0.15) is 0 Å². The van der Waals surface area contributed by atoms with Crippen molar-refractivity contribution >= 4 is 5.91 Å². The van der Waals surface area contributed by atoms with Crippen molar-refractivity contribution in [3.05, 3.63) is 0 Å². The molecule has 2 saturated heterocycles. The van der Waals surface area contributed by atoms with Crippen molar-refractivity contribution in [3.63, 3.8) is 0 Å². The topological polar surface area (TPSA) is 49.6 Å². The Kier molecular flexibility index (Phi) is 5.01. The molecule has 2 aliphatic heterocycles. The van der Waals surface area contributed by atoms with Crippen molar-refractivity contribution in [2.75, 3.05) is 32.7 Å². The Bertz CT molecular complexity index is 282. The number of fused-ring (bicyclic) bond motifs is 1. The number of hydrogen-bond acceptors (Lipinski definition) is 3. The zero-order valence-corrected chi connectivity index (χ0v) is 11.6. The summed E-state index contributed by atoms with van der Waals surface area (Å²) >= 11 is 0. The van der Waals surface area contributed by atoms with Crippen LogP contribution < -0.4 is 5.73 Å². The molecule has 0 saturated carbocycles. The highest BCUT2D eigenvalue weighted by molar-refractivity contribution is 5.79. The molecule has 0 aliphatic carbocycles. The smallest absolute Gasteiger partial charge is 0.227 e. The van der Waals surface area contributed by atoms with Gasteiger partial charge in [0.25, 0.3) is 0 Å². The molecule has 104 valence electrons. The summed E-state index contributed by atoms with van der Waals surface area (Å²) in [6.07, 6.45) is 5.87. The summed E-state index contributed by atoms with van der Waals surface area (Å²) in [5.74, 6) is 0.342. The highest BCUT2D eigenvalue weighted by Crippen LogP contribution is 2.22. The summed E-state index contributed by atoms with van der Waals surface area (Å²) in [6.45, 7) is 6.73. The molecule has 2 atom stereocenters. The van der Waals surface area contributed by atoms with Gasteiger partial charge in [0.1, 0.15) is 0 Å². The molecule has 1 amide bonds. The summed E-state index contributed by atoms with van der Waals surface area (Å²) in [5, 5.41) is 0. The van der Waals surface area contributed by atoms with Gasteiger partial charge in [0.15, 0.2) is 0 Å². The van der Waals surface area contributed by atoms with Crippen LogP contribution in [0.25, 0.3) is 0 Å². The van der Waals surface area contributed by atoms with Crippen LogP contribution in [0.4, 0.5) is 0 Å². The van der Waals surface area contributed by atoms with E-state index in [0.29, 0.717) is 18.5 Å². The third kappa shape index (κ3) is 3.04. The molecular weight excluding hydrogens is 226 g/mol. The molecule has 0 bridgehead atoms. The fourth-order valence-corrected chi connectivity index (χ4v) is 3.30. The Balaban J connectivity index is 1.91. The van der Waals surface area contributed by atoms with Crippen LogP contribution in [0.2, 0.25) is 0 Å². The predicted molar refractivity (Wildman–Crippen MR) is 73.2 cm³/mol. The Labute approximate surface area is 110 Å². The molecular formula is C14H27N3O. The van der Waals surface area contributed by atoms with Crippen molar-refractivity contribution < 1.29 is 4.79 Å². The van der Waals surface area contributed by atoms with Gasteiger partial charge >= 0.3 is 0 Å². The molecule has 2 rings (SSSR count). The lowest BCUT2D eigenvalue weighted by Gasteiger charge is -2.44. The molecule has 18 heavy (non-hydrogen) atoms.